The second kappa shape index (κ2) is 21.3. The van der Waals surface area contributed by atoms with Crippen LogP contribution in [-0.4, -0.2) is 87.2 Å². The maximum atomic E-state index is 15.2. The highest BCUT2D eigenvalue weighted by atomic mass is 79.9. The average molecular weight is 1120 g/mol. The van der Waals surface area contributed by atoms with Gasteiger partial charge >= 0.3 is 7.12 Å². The highest BCUT2D eigenvalue weighted by Crippen LogP contribution is 2.34. The van der Waals surface area contributed by atoms with Gasteiger partial charge in [0.2, 0.25) is 0 Å². The molecule has 0 fully saturated rings. The standard InChI is InChI=1S/C23H18FN5O5S.C19H13BrFN3O5S.C4H7BN2O2/c1-28-13-15(12-25-28)17-10-21(33-2)20(11-18(17)24)29-19-5-4-16(9-14(19)3-6-23(29)30)35(31,32)27-22-7-8-34-26-22;1-28-17-9-13(20)14(21)10-16(17)24-15-4-3-12(8-11(15)2-5-19(24)25)30(26,27)23-18-6-7-29-22-18;1-7-3-4(2-6-7)5(8)9/h3-13H,1-2H3,(H,26,27);2-10H,1H3,(H,22,23);2-3,8-9H,1H3. The Hall–Kier alpha value is -8.44. The molecule has 0 atom stereocenters. The zero-order chi connectivity index (χ0) is 53.1. The van der Waals surface area contributed by atoms with Gasteiger partial charge in [0.1, 0.15) is 35.7 Å². The van der Waals surface area contributed by atoms with E-state index in [0.29, 0.717) is 32.8 Å². The molecule has 0 aliphatic heterocycles. The van der Waals surface area contributed by atoms with Gasteiger partial charge in [-0.15, -0.1) is 0 Å². The van der Waals surface area contributed by atoms with Crippen LogP contribution in [0.1, 0.15) is 0 Å². The van der Waals surface area contributed by atoms with Crippen molar-refractivity contribution in [2.24, 2.45) is 14.1 Å². The molecule has 0 bridgehead atoms. The van der Waals surface area contributed by atoms with Gasteiger partial charge in [-0.25, -0.2) is 25.6 Å². The lowest BCUT2D eigenvalue weighted by molar-refractivity contribution is 0.411. The fourth-order valence-electron chi connectivity index (χ4n) is 7.30. The molecule has 0 spiro atoms. The monoisotopic (exact) mass is 1110 g/mol. The first-order chi connectivity index (χ1) is 35.3. The fraction of sp³-hybridized carbons (Fsp3) is 0.0870. The first kappa shape index (κ1) is 51.9. The van der Waals surface area contributed by atoms with Crippen molar-refractivity contribution in [3.05, 3.63) is 171 Å². The Morgan fingerprint density at radius 3 is 1.54 bits per heavy atom. The van der Waals surface area contributed by atoms with E-state index in [1.54, 1.807) is 31.2 Å². The van der Waals surface area contributed by atoms with E-state index in [2.05, 4.69) is 54.9 Å². The predicted octanol–water partition coefficient (Wildman–Crippen LogP) is 5.12. The minimum atomic E-state index is -3.97. The van der Waals surface area contributed by atoms with Crippen LogP contribution in [0.25, 0.3) is 44.3 Å². The molecule has 4 aromatic carbocycles. The summed E-state index contributed by atoms with van der Waals surface area (Å²) in [4.78, 5) is 25.4. The number of hydrogen-bond acceptors (Lipinski definition) is 16. The molecule has 0 unspecified atom stereocenters. The van der Waals surface area contributed by atoms with E-state index in [-0.39, 0.29) is 54.3 Å². The number of halogens is 3. The van der Waals surface area contributed by atoms with E-state index in [9.17, 15) is 30.8 Å². The molecule has 22 nitrogen and oxygen atoms in total. The van der Waals surface area contributed by atoms with E-state index in [4.69, 9.17) is 19.5 Å². The van der Waals surface area contributed by atoms with Gasteiger partial charge in [-0.1, -0.05) is 10.3 Å². The highest BCUT2D eigenvalue weighted by Gasteiger charge is 2.22. The van der Waals surface area contributed by atoms with Gasteiger partial charge in [0.25, 0.3) is 31.2 Å². The lowest BCUT2D eigenvalue weighted by atomic mass is 9.83. The molecule has 0 aliphatic rings. The molecule has 0 saturated carbocycles. The Kier molecular flexibility index (Phi) is 15.0. The number of ether oxygens (including phenoxy) is 2. The van der Waals surface area contributed by atoms with Gasteiger partial charge < -0.3 is 28.6 Å². The first-order valence-electron chi connectivity index (χ1n) is 21.2. The molecule has 6 aromatic heterocycles. The Balaban J connectivity index is 0.000000170. The first-order valence-corrected chi connectivity index (χ1v) is 25.0. The van der Waals surface area contributed by atoms with Crippen molar-refractivity contribution < 1.29 is 54.2 Å². The summed E-state index contributed by atoms with van der Waals surface area (Å²) in [6.45, 7) is 0. The Bertz CT molecular complexity index is 4040. The number of sulfonamides is 2. The second-order valence-corrected chi connectivity index (χ2v) is 19.8. The smallest absolute Gasteiger partial charge is 0.491 e. The second-order valence-electron chi connectivity index (χ2n) is 15.6. The molecule has 6 heterocycles. The summed E-state index contributed by atoms with van der Waals surface area (Å²) in [5, 5.41) is 32.8. The summed E-state index contributed by atoms with van der Waals surface area (Å²) in [6, 6.07) is 22.0. The normalized spacial score (nSPS) is 11.4. The van der Waals surface area contributed by atoms with Crippen molar-refractivity contribution in [1.82, 2.24) is 39.0 Å². The van der Waals surface area contributed by atoms with Crippen molar-refractivity contribution in [3.8, 4) is 34.0 Å². The Morgan fingerprint density at radius 1 is 0.635 bits per heavy atom. The predicted molar refractivity (Wildman–Crippen MR) is 270 cm³/mol. The molecule has 4 N–H and O–H groups in total. The number of anilines is 2. The number of hydrogen-bond donors (Lipinski definition) is 4. The van der Waals surface area contributed by atoms with Crippen LogP contribution in [0, 0.1) is 11.6 Å². The number of nitrogens with zero attached hydrogens (tertiary/aromatic N) is 8. The lowest BCUT2D eigenvalue weighted by Gasteiger charge is -2.16. The zero-order valence-electron chi connectivity index (χ0n) is 38.8. The van der Waals surface area contributed by atoms with Gasteiger partial charge in [0.05, 0.1) is 57.1 Å². The van der Waals surface area contributed by atoms with Crippen molar-refractivity contribution in [3.63, 3.8) is 0 Å². The van der Waals surface area contributed by atoms with Gasteiger partial charge in [-0.3, -0.25) is 37.5 Å². The van der Waals surface area contributed by atoms with E-state index in [1.807, 2.05) is 0 Å². The molecule has 0 aliphatic carbocycles. The van der Waals surface area contributed by atoms with Crippen LogP contribution in [0.3, 0.4) is 0 Å². The summed E-state index contributed by atoms with van der Waals surface area (Å²) in [5.41, 5.74) is 1.45. The van der Waals surface area contributed by atoms with E-state index >= 15 is 4.39 Å². The van der Waals surface area contributed by atoms with Crippen LogP contribution < -0.4 is 35.5 Å². The summed E-state index contributed by atoms with van der Waals surface area (Å²) in [7, 11) is -3.06. The van der Waals surface area contributed by atoms with E-state index in [1.165, 1.54) is 150 Å². The highest BCUT2D eigenvalue weighted by molar-refractivity contribution is 9.10. The maximum absolute atomic E-state index is 15.2. The summed E-state index contributed by atoms with van der Waals surface area (Å²) in [6.07, 6.45) is 8.62. The number of aromatic nitrogens is 8. The fourth-order valence-corrected chi connectivity index (χ4v) is 9.67. The van der Waals surface area contributed by atoms with Crippen LogP contribution in [0.4, 0.5) is 20.4 Å². The van der Waals surface area contributed by atoms with Crippen molar-refractivity contribution >= 4 is 82.0 Å². The summed E-state index contributed by atoms with van der Waals surface area (Å²) in [5.74, 6) is -0.565. The summed E-state index contributed by atoms with van der Waals surface area (Å²) >= 11 is 3.09. The van der Waals surface area contributed by atoms with Crippen molar-refractivity contribution in [1.29, 1.82) is 0 Å². The molecule has 0 saturated heterocycles. The molecule has 10 aromatic rings. The number of pyridine rings is 2. The average Bonchev–Trinajstić information content (AvgIpc) is 4.23. The third-order valence-electron chi connectivity index (χ3n) is 10.7. The topological polar surface area (TPSA) is 283 Å². The molecule has 28 heteroatoms. The zero-order valence-corrected chi connectivity index (χ0v) is 42.0. The minimum Gasteiger partial charge on any atom is -0.495 e. The number of benzene rings is 4. The summed E-state index contributed by atoms with van der Waals surface area (Å²) < 4.78 is 111. The molecule has 380 valence electrons. The largest absolute Gasteiger partial charge is 0.495 e. The molecular weight excluding hydrogens is 1080 g/mol. The van der Waals surface area contributed by atoms with Crippen LogP contribution in [-0.2, 0) is 34.1 Å². The molecular formula is C46H38BBrF2N10O12S2. The molecule has 74 heavy (non-hydrogen) atoms. The van der Waals surface area contributed by atoms with Crippen molar-refractivity contribution in [2.75, 3.05) is 23.7 Å². The number of aryl methyl sites for hydroxylation is 2. The minimum absolute atomic E-state index is 0.0315. The van der Waals surface area contributed by atoms with Crippen molar-refractivity contribution in [2.45, 2.75) is 9.79 Å². The van der Waals surface area contributed by atoms with Crippen LogP contribution in [0.5, 0.6) is 11.5 Å². The molecule has 0 amide bonds. The van der Waals surface area contributed by atoms with E-state index in [0.717, 1.165) is 0 Å². The van der Waals surface area contributed by atoms with Gasteiger partial charge in [0.15, 0.2) is 11.6 Å². The van der Waals surface area contributed by atoms with Crippen LogP contribution in [0.2, 0.25) is 0 Å². The SMILES string of the molecule is COc1cc(-c2cnn(C)c2)c(F)cc1-n1c(=O)ccc2cc(S(=O)(=O)Nc3ccon3)ccc21.COc1cc(Br)c(F)cc1-n1c(=O)ccc2cc(S(=O)(=O)Nc3ccon3)ccc21.Cn1cc(B(O)O)cn1. The lowest BCUT2D eigenvalue weighted by Crippen LogP contribution is -2.28. The number of nitrogens with one attached hydrogen (secondary N) is 2. The maximum Gasteiger partial charge on any atom is 0.491 e. The Labute approximate surface area is 426 Å². The third-order valence-corrected chi connectivity index (χ3v) is 14.0. The van der Waals surface area contributed by atoms with Crippen LogP contribution >= 0.6 is 15.9 Å². The molecule has 10 rings (SSSR count). The quantitative estimate of drug-likeness (QED) is 0.116. The van der Waals surface area contributed by atoms with Gasteiger partial charge in [-0.05, 0) is 76.6 Å². The van der Waals surface area contributed by atoms with Crippen LogP contribution in [0.15, 0.2) is 167 Å². The van der Waals surface area contributed by atoms with E-state index < -0.39 is 49.9 Å². The number of methoxy groups -OCH3 is 2. The van der Waals surface area contributed by atoms with Gasteiger partial charge in [-0.2, -0.15) is 10.2 Å². The third kappa shape index (κ3) is 11.1. The number of fused-ring (bicyclic) bond motifs is 2. The number of rotatable bonds is 12. The molecule has 0 radical (unpaired) electrons. The van der Waals surface area contributed by atoms with Gasteiger partial charge in [0, 0.05) is 96.4 Å². The Morgan fingerprint density at radius 2 is 1.12 bits per heavy atom.